The Labute approximate surface area is 131 Å². The molecule has 3 N–H and O–H groups in total. The third kappa shape index (κ3) is 4.88. The second-order valence-corrected chi connectivity index (χ2v) is 5.72. The normalized spacial score (nSPS) is 16.9. The Morgan fingerprint density at radius 3 is 2.57 bits per heavy atom. The first kappa shape index (κ1) is 16.1. The highest BCUT2D eigenvalue weighted by Crippen LogP contribution is 2.24. The van der Waals surface area contributed by atoms with Crippen molar-refractivity contribution >= 4 is 28.9 Å². The van der Waals surface area contributed by atoms with Crippen LogP contribution in [0.1, 0.15) is 13.3 Å². The van der Waals surface area contributed by atoms with E-state index in [9.17, 15) is 4.79 Å². The summed E-state index contributed by atoms with van der Waals surface area (Å²) in [6, 6.07) is 5.10. The van der Waals surface area contributed by atoms with E-state index in [-0.39, 0.29) is 5.91 Å². The average molecular weight is 311 g/mol. The van der Waals surface area contributed by atoms with Gasteiger partial charge in [-0.3, -0.25) is 4.79 Å². The number of carbonyl (C=O) groups is 1. The summed E-state index contributed by atoms with van der Waals surface area (Å²) in [4.78, 5) is 16.7. The number of hydrogen-bond donors (Lipinski definition) is 2. The number of nitrogens with one attached hydrogen (secondary N) is 1. The minimum absolute atomic E-state index is 0.0143. The number of halogens is 1. The number of hydrogen-bond acceptors (Lipinski definition) is 4. The number of piperazine rings is 1. The first-order valence-corrected chi connectivity index (χ1v) is 7.76. The number of nitrogens with zero attached hydrogens (tertiary/aromatic N) is 2. The third-order valence-electron chi connectivity index (χ3n) is 3.83. The van der Waals surface area contributed by atoms with Crippen molar-refractivity contribution in [2.24, 2.45) is 0 Å². The maximum absolute atomic E-state index is 12.0. The fourth-order valence-corrected chi connectivity index (χ4v) is 2.67. The Kier molecular flexibility index (Phi) is 5.85. The second kappa shape index (κ2) is 7.64. The lowest BCUT2D eigenvalue weighted by Crippen LogP contribution is -2.46. The van der Waals surface area contributed by atoms with Crippen LogP contribution in [0.25, 0.3) is 0 Å². The van der Waals surface area contributed by atoms with Gasteiger partial charge >= 0.3 is 0 Å². The van der Waals surface area contributed by atoms with Gasteiger partial charge in [0.25, 0.3) is 0 Å². The topological polar surface area (TPSA) is 61.6 Å². The van der Waals surface area contributed by atoms with Gasteiger partial charge in [0, 0.05) is 44.8 Å². The summed E-state index contributed by atoms with van der Waals surface area (Å²) in [5, 5.41) is 3.31. The highest BCUT2D eigenvalue weighted by Gasteiger charge is 2.16. The van der Waals surface area contributed by atoms with Crippen LogP contribution in [0.5, 0.6) is 0 Å². The molecule has 1 aromatic carbocycles. The van der Waals surface area contributed by atoms with E-state index in [4.69, 9.17) is 17.3 Å². The molecule has 0 bridgehead atoms. The molecule has 0 aliphatic carbocycles. The van der Waals surface area contributed by atoms with Crippen LogP contribution in [0.15, 0.2) is 18.2 Å². The van der Waals surface area contributed by atoms with Crippen molar-refractivity contribution in [2.45, 2.75) is 13.3 Å². The number of amides is 1. The molecule has 1 aromatic rings. The van der Waals surface area contributed by atoms with Crippen LogP contribution in [-0.2, 0) is 4.79 Å². The molecule has 0 saturated carbocycles. The molecule has 5 nitrogen and oxygen atoms in total. The largest absolute Gasteiger partial charge is 0.399 e. The molecule has 1 fully saturated rings. The predicted octanol–water partition coefficient (Wildman–Crippen LogP) is 1.89. The molecule has 2 rings (SSSR count). The number of likely N-dealkylation sites (N-methyl/N-ethyl adjacent to an activating group) is 1. The van der Waals surface area contributed by atoms with E-state index >= 15 is 0 Å². The zero-order chi connectivity index (χ0) is 15.2. The van der Waals surface area contributed by atoms with Gasteiger partial charge in [0.15, 0.2) is 0 Å². The summed E-state index contributed by atoms with van der Waals surface area (Å²) >= 11 is 6.04. The monoisotopic (exact) mass is 310 g/mol. The zero-order valence-corrected chi connectivity index (χ0v) is 13.2. The number of nitrogen functional groups attached to an aromatic ring is 1. The van der Waals surface area contributed by atoms with Crippen molar-refractivity contribution in [3.63, 3.8) is 0 Å². The van der Waals surface area contributed by atoms with E-state index in [0.717, 1.165) is 39.3 Å². The van der Waals surface area contributed by atoms with Gasteiger partial charge in [-0.05, 0) is 24.7 Å². The molecule has 0 spiro atoms. The standard InChI is InChI=1S/C15H23ClN4O/c1-2-19-7-9-20(10-8-19)6-5-15(21)18-14-4-3-12(17)11-13(14)16/h3-4,11H,2,5-10,17H2,1H3,(H,18,21). The van der Waals surface area contributed by atoms with Crippen LogP contribution >= 0.6 is 11.6 Å². The van der Waals surface area contributed by atoms with Crippen LogP contribution in [-0.4, -0.2) is 55.0 Å². The SMILES string of the molecule is CCN1CCN(CCC(=O)Nc2ccc(N)cc2Cl)CC1. The van der Waals surface area contributed by atoms with Crippen molar-refractivity contribution < 1.29 is 4.79 Å². The van der Waals surface area contributed by atoms with Crippen molar-refractivity contribution in [2.75, 3.05) is 50.3 Å². The Balaban J connectivity index is 1.75. The second-order valence-electron chi connectivity index (χ2n) is 5.31. The molecule has 1 aliphatic rings. The summed E-state index contributed by atoms with van der Waals surface area (Å²) in [5.74, 6) is -0.0143. The quantitative estimate of drug-likeness (QED) is 0.815. The summed E-state index contributed by atoms with van der Waals surface area (Å²) in [7, 11) is 0. The first-order valence-electron chi connectivity index (χ1n) is 7.38. The zero-order valence-electron chi connectivity index (χ0n) is 12.4. The molecule has 0 unspecified atom stereocenters. The van der Waals surface area contributed by atoms with Gasteiger partial charge < -0.3 is 20.9 Å². The lowest BCUT2D eigenvalue weighted by Gasteiger charge is -2.33. The lowest BCUT2D eigenvalue weighted by molar-refractivity contribution is -0.116. The summed E-state index contributed by atoms with van der Waals surface area (Å²) in [6.45, 7) is 8.30. The predicted molar refractivity (Wildman–Crippen MR) is 87.7 cm³/mol. The minimum Gasteiger partial charge on any atom is -0.399 e. The van der Waals surface area contributed by atoms with Gasteiger partial charge in [-0.15, -0.1) is 0 Å². The third-order valence-corrected chi connectivity index (χ3v) is 4.15. The summed E-state index contributed by atoms with van der Waals surface area (Å²) in [5.41, 5.74) is 6.84. The van der Waals surface area contributed by atoms with Crippen LogP contribution in [0.4, 0.5) is 11.4 Å². The van der Waals surface area contributed by atoms with Crippen LogP contribution in [0, 0.1) is 0 Å². The number of carbonyl (C=O) groups excluding carboxylic acids is 1. The van der Waals surface area contributed by atoms with Crippen LogP contribution in [0.2, 0.25) is 5.02 Å². The lowest BCUT2D eigenvalue weighted by atomic mass is 10.2. The number of anilines is 2. The fourth-order valence-electron chi connectivity index (χ4n) is 2.43. The van der Waals surface area contributed by atoms with Crippen LogP contribution in [0.3, 0.4) is 0 Å². The van der Waals surface area contributed by atoms with E-state index in [1.807, 2.05) is 0 Å². The fraction of sp³-hybridized carbons (Fsp3) is 0.533. The number of nitrogens with two attached hydrogens (primary N) is 1. The van der Waals surface area contributed by atoms with Gasteiger partial charge in [-0.1, -0.05) is 18.5 Å². The molecule has 1 aliphatic heterocycles. The Morgan fingerprint density at radius 1 is 1.29 bits per heavy atom. The van der Waals surface area contributed by atoms with Gasteiger partial charge in [0.05, 0.1) is 10.7 Å². The van der Waals surface area contributed by atoms with Crippen molar-refractivity contribution in [3.05, 3.63) is 23.2 Å². The van der Waals surface area contributed by atoms with Crippen molar-refractivity contribution in [3.8, 4) is 0 Å². The molecule has 1 amide bonds. The molecule has 1 saturated heterocycles. The number of benzene rings is 1. The van der Waals surface area contributed by atoms with E-state index in [1.54, 1.807) is 18.2 Å². The van der Waals surface area contributed by atoms with Gasteiger partial charge in [0.1, 0.15) is 0 Å². The molecular weight excluding hydrogens is 288 g/mol. The summed E-state index contributed by atoms with van der Waals surface area (Å²) in [6.07, 6.45) is 0.479. The Hall–Kier alpha value is -1.30. The van der Waals surface area contributed by atoms with E-state index < -0.39 is 0 Å². The average Bonchev–Trinajstić information content (AvgIpc) is 2.48. The highest BCUT2D eigenvalue weighted by molar-refractivity contribution is 6.34. The minimum atomic E-state index is -0.0143. The molecule has 116 valence electrons. The van der Waals surface area contributed by atoms with Gasteiger partial charge in [-0.2, -0.15) is 0 Å². The maximum Gasteiger partial charge on any atom is 0.225 e. The smallest absolute Gasteiger partial charge is 0.225 e. The van der Waals surface area contributed by atoms with Gasteiger partial charge in [0.2, 0.25) is 5.91 Å². The molecule has 21 heavy (non-hydrogen) atoms. The molecule has 0 atom stereocenters. The van der Waals surface area contributed by atoms with E-state index in [2.05, 4.69) is 22.0 Å². The van der Waals surface area contributed by atoms with Crippen molar-refractivity contribution in [1.29, 1.82) is 0 Å². The van der Waals surface area contributed by atoms with Crippen LogP contribution < -0.4 is 11.1 Å². The molecule has 0 aromatic heterocycles. The highest BCUT2D eigenvalue weighted by atomic mass is 35.5. The first-order chi connectivity index (χ1) is 10.1. The maximum atomic E-state index is 12.0. The van der Waals surface area contributed by atoms with E-state index in [0.29, 0.717) is 22.8 Å². The number of rotatable bonds is 5. The molecule has 6 heteroatoms. The van der Waals surface area contributed by atoms with E-state index in [1.165, 1.54) is 0 Å². The van der Waals surface area contributed by atoms with Gasteiger partial charge in [-0.25, -0.2) is 0 Å². The molecule has 1 heterocycles. The molecular formula is C15H23ClN4O. The summed E-state index contributed by atoms with van der Waals surface area (Å²) < 4.78 is 0. The van der Waals surface area contributed by atoms with Crippen molar-refractivity contribution in [1.82, 2.24) is 9.80 Å². The Morgan fingerprint density at radius 2 is 1.95 bits per heavy atom. The molecule has 0 radical (unpaired) electrons. The Bertz CT molecular complexity index is 487.